The van der Waals surface area contributed by atoms with Gasteiger partial charge in [0.15, 0.2) is 0 Å². The average molecular weight is 373 g/mol. The zero-order valence-electron chi connectivity index (χ0n) is 15.4. The standard InChI is InChI=1S/C22H19N3O3/c1-24(12-13-26)17-10-8-15(9-11-17)14-23-25-21(27)18-6-2-4-16-5-3-7-19(20(16)18)22(25)28/h2-11,14,26H,12-13H2,1H3/b23-14-. The van der Waals surface area contributed by atoms with Crippen LogP contribution in [0.2, 0.25) is 0 Å². The van der Waals surface area contributed by atoms with E-state index < -0.39 is 11.8 Å². The Bertz CT molecular complexity index is 1040. The molecule has 0 aliphatic carbocycles. The molecule has 0 fully saturated rings. The fraction of sp³-hybridized carbons (Fsp3) is 0.136. The molecule has 0 radical (unpaired) electrons. The number of aliphatic hydroxyl groups is 1. The minimum Gasteiger partial charge on any atom is -0.395 e. The first kappa shape index (κ1) is 17.9. The summed E-state index contributed by atoms with van der Waals surface area (Å²) >= 11 is 0. The van der Waals surface area contributed by atoms with Crippen LogP contribution in [0.25, 0.3) is 10.8 Å². The van der Waals surface area contributed by atoms with Crippen molar-refractivity contribution in [1.29, 1.82) is 0 Å². The van der Waals surface area contributed by atoms with Gasteiger partial charge in [-0.1, -0.05) is 36.4 Å². The minimum absolute atomic E-state index is 0.0765. The molecule has 6 heteroatoms. The fourth-order valence-corrected chi connectivity index (χ4v) is 3.34. The molecule has 4 rings (SSSR count). The third-order valence-electron chi connectivity index (χ3n) is 4.84. The van der Waals surface area contributed by atoms with Crippen molar-refractivity contribution in [3.05, 3.63) is 77.4 Å². The fourth-order valence-electron chi connectivity index (χ4n) is 3.34. The Hall–Kier alpha value is -3.51. The van der Waals surface area contributed by atoms with Gasteiger partial charge >= 0.3 is 0 Å². The highest BCUT2D eigenvalue weighted by atomic mass is 16.3. The van der Waals surface area contributed by atoms with Crippen LogP contribution in [-0.2, 0) is 0 Å². The molecule has 3 aromatic rings. The summed E-state index contributed by atoms with van der Waals surface area (Å²) in [7, 11) is 1.89. The highest BCUT2D eigenvalue weighted by Gasteiger charge is 2.32. The second-order valence-corrected chi connectivity index (χ2v) is 6.61. The van der Waals surface area contributed by atoms with Crippen LogP contribution in [0, 0.1) is 0 Å². The normalized spacial score (nSPS) is 13.6. The summed E-state index contributed by atoms with van der Waals surface area (Å²) in [5, 5.41) is 15.7. The molecule has 0 spiro atoms. The molecule has 0 unspecified atom stereocenters. The van der Waals surface area contributed by atoms with Crippen LogP contribution in [0.3, 0.4) is 0 Å². The maximum Gasteiger partial charge on any atom is 0.282 e. The number of anilines is 1. The van der Waals surface area contributed by atoms with E-state index in [2.05, 4.69) is 5.10 Å². The number of amides is 2. The van der Waals surface area contributed by atoms with Gasteiger partial charge in [-0.3, -0.25) is 9.59 Å². The zero-order valence-corrected chi connectivity index (χ0v) is 15.4. The first-order valence-electron chi connectivity index (χ1n) is 8.97. The Kier molecular flexibility index (Phi) is 4.63. The van der Waals surface area contributed by atoms with E-state index in [0.717, 1.165) is 21.6 Å². The van der Waals surface area contributed by atoms with Gasteiger partial charge in [-0.25, -0.2) is 0 Å². The van der Waals surface area contributed by atoms with Crippen LogP contribution in [0.5, 0.6) is 0 Å². The molecule has 140 valence electrons. The molecule has 1 aliphatic heterocycles. The lowest BCUT2D eigenvalue weighted by Crippen LogP contribution is -2.36. The first-order chi connectivity index (χ1) is 13.6. The van der Waals surface area contributed by atoms with Crippen LogP contribution in [0.15, 0.2) is 65.8 Å². The van der Waals surface area contributed by atoms with Gasteiger partial charge in [-0.15, -0.1) is 0 Å². The van der Waals surface area contributed by atoms with Gasteiger partial charge in [0.05, 0.1) is 23.9 Å². The lowest BCUT2D eigenvalue weighted by Gasteiger charge is -2.23. The molecule has 2 amide bonds. The van der Waals surface area contributed by atoms with Gasteiger partial charge in [-0.2, -0.15) is 10.1 Å². The maximum atomic E-state index is 12.8. The topological polar surface area (TPSA) is 73.2 Å². The monoisotopic (exact) mass is 373 g/mol. The summed E-state index contributed by atoms with van der Waals surface area (Å²) in [5.41, 5.74) is 2.67. The maximum absolute atomic E-state index is 12.8. The van der Waals surface area contributed by atoms with E-state index in [1.54, 1.807) is 24.3 Å². The van der Waals surface area contributed by atoms with Crippen molar-refractivity contribution in [3.8, 4) is 0 Å². The summed E-state index contributed by atoms with van der Waals surface area (Å²) in [6.45, 7) is 0.613. The molecule has 1 aliphatic rings. The molecule has 0 bridgehead atoms. The number of nitrogens with zero attached hydrogens (tertiary/aromatic N) is 3. The van der Waals surface area contributed by atoms with E-state index in [9.17, 15) is 9.59 Å². The number of imide groups is 1. The van der Waals surface area contributed by atoms with Crippen LogP contribution < -0.4 is 4.90 Å². The summed E-state index contributed by atoms with van der Waals surface area (Å²) in [4.78, 5) is 27.5. The lowest BCUT2D eigenvalue weighted by atomic mass is 9.95. The number of carbonyl (C=O) groups is 2. The van der Waals surface area contributed by atoms with Gasteiger partial charge in [-0.05, 0) is 35.2 Å². The number of hydrazone groups is 1. The SMILES string of the molecule is CN(CCO)c1ccc(/C=N\N2C(=O)c3cccc4cccc(c34)C2=O)cc1. The highest BCUT2D eigenvalue weighted by molar-refractivity contribution is 6.25. The van der Waals surface area contributed by atoms with Gasteiger partial charge in [0, 0.05) is 24.7 Å². The van der Waals surface area contributed by atoms with Crippen molar-refractivity contribution in [3.63, 3.8) is 0 Å². The lowest BCUT2D eigenvalue weighted by molar-refractivity contribution is 0.0616. The van der Waals surface area contributed by atoms with Crippen molar-refractivity contribution in [2.24, 2.45) is 5.10 Å². The largest absolute Gasteiger partial charge is 0.395 e. The van der Waals surface area contributed by atoms with E-state index in [-0.39, 0.29) is 6.61 Å². The third kappa shape index (κ3) is 3.04. The average Bonchev–Trinajstić information content (AvgIpc) is 2.72. The quantitative estimate of drug-likeness (QED) is 0.551. The van der Waals surface area contributed by atoms with Gasteiger partial charge in [0.2, 0.25) is 0 Å². The van der Waals surface area contributed by atoms with Crippen molar-refractivity contribution in [2.75, 3.05) is 25.1 Å². The van der Waals surface area contributed by atoms with E-state index >= 15 is 0 Å². The minimum atomic E-state index is -0.426. The van der Waals surface area contributed by atoms with Crippen LogP contribution >= 0.6 is 0 Å². The van der Waals surface area contributed by atoms with E-state index in [1.807, 2.05) is 48.3 Å². The molecule has 0 saturated heterocycles. The predicted octanol–water partition coefficient (Wildman–Crippen LogP) is 2.90. The smallest absolute Gasteiger partial charge is 0.282 e. The van der Waals surface area contributed by atoms with Gasteiger partial charge in [0.25, 0.3) is 11.8 Å². The predicted molar refractivity (Wildman–Crippen MR) is 109 cm³/mol. The first-order valence-corrected chi connectivity index (χ1v) is 8.97. The number of rotatable bonds is 5. The molecule has 3 aromatic carbocycles. The van der Waals surface area contributed by atoms with Crippen molar-refractivity contribution < 1.29 is 14.7 Å². The number of benzene rings is 3. The van der Waals surface area contributed by atoms with Gasteiger partial charge in [0.1, 0.15) is 0 Å². The van der Waals surface area contributed by atoms with Gasteiger partial charge < -0.3 is 10.0 Å². The number of hydrogen-bond donors (Lipinski definition) is 1. The van der Waals surface area contributed by atoms with E-state index in [0.29, 0.717) is 23.1 Å². The second kappa shape index (κ2) is 7.25. The van der Waals surface area contributed by atoms with Crippen molar-refractivity contribution >= 4 is 34.5 Å². The molecule has 0 atom stereocenters. The highest BCUT2D eigenvalue weighted by Crippen LogP contribution is 2.30. The summed E-state index contributed by atoms with van der Waals surface area (Å²) in [5.74, 6) is -0.852. The number of aliphatic hydroxyl groups excluding tert-OH is 1. The zero-order chi connectivity index (χ0) is 19.7. The molecule has 28 heavy (non-hydrogen) atoms. The Morgan fingerprint density at radius 2 is 1.57 bits per heavy atom. The molecule has 1 heterocycles. The molecule has 0 saturated carbocycles. The third-order valence-corrected chi connectivity index (χ3v) is 4.84. The van der Waals surface area contributed by atoms with Crippen molar-refractivity contribution in [2.45, 2.75) is 0 Å². The molecular weight excluding hydrogens is 354 g/mol. The van der Waals surface area contributed by atoms with E-state index in [1.165, 1.54) is 6.21 Å². The molecular formula is C22H19N3O3. The Morgan fingerprint density at radius 1 is 0.964 bits per heavy atom. The van der Waals surface area contributed by atoms with Crippen LogP contribution in [0.4, 0.5) is 5.69 Å². The summed E-state index contributed by atoms with van der Waals surface area (Å²) in [6, 6.07) is 18.3. The Balaban J connectivity index is 1.62. The molecule has 6 nitrogen and oxygen atoms in total. The van der Waals surface area contributed by atoms with E-state index in [4.69, 9.17) is 5.11 Å². The summed E-state index contributed by atoms with van der Waals surface area (Å²) < 4.78 is 0. The number of hydrogen-bond acceptors (Lipinski definition) is 5. The van der Waals surface area contributed by atoms with Crippen LogP contribution in [0.1, 0.15) is 26.3 Å². The molecule has 0 aromatic heterocycles. The van der Waals surface area contributed by atoms with Crippen LogP contribution in [-0.4, -0.2) is 48.3 Å². The number of carbonyl (C=O) groups excluding carboxylic acids is 2. The summed E-state index contributed by atoms with van der Waals surface area (Å²) in [6.07, 6.45) is 1.50. The Morgan fingerprint density at radius 3 is 2.14 bits per heavy atom. The Labute approximate surface area is 162 Å². The second-order valence-electron chi connectivity index (χ2n) is 6.61. The molecule has 1 N–H and O–H groups in total. The van der Waals surface area contributed by atoms with Crippen molar-refractivity contribution in [1.82, 2.24) is 5.01 Å². The number of likely N-dealkylation sites (N-methyl/N-ethyl adjacent to an activating group) is 1.